The normalized spacial score (nSPS) is 15.6. The molecule has 0 radical (unpaired) electrons. The summed E-state index contributed by atoms with van der Waals surface area (Å²) in [5.41, 5.74) is 6.95. The van der Waals surface area contributed by atoms with Crippen LogP contribution in [0, 0.1) is 13.8 Å². The maximum absolute atomic E-state index is 2.48. The van der Waals surface area contributed by atoms with Crippen molar-refractivity contribution >= 4 is 10.8 Å². The molecule has 0 saturated heterocycles. The average Bonchev–Trinajstić information content (AvgIpc) is 2.64. The molecule has 2 aromatic carbocycles. The van der Waals surface area contributed by atoms with Crippen LogP contribution in [0.1, 0.15) is 54.8 Å². The van der Waals surface area contributed by atoms with E-state index in [1.807, 2.05) is 0 Å². The van der Waals surface area contributed by atoms with Gasteiger partial charge in [-0.1, -0.05) is 49.6 Å². The molecule has 0 amide bonds. The molecule has 0 unspecified atom stereocenters. The van der Waals surface area contributed by atoms with Crippen LogP contribution in [0.15, 0.2) is 48.5 Å². The highest BCUT2D eigenvalue weighted by atomic mass is 14.9. The first-order valence-electron chi connectivity index (χ1n) is 9.64. The first kappa shape index (κ1) is 16.3. The van der Waals surface area contributed by atoms with Crippen molar-refractivity contribution in [1.82, 2.24) is 0 Å². The number of nitrogens with zero attached hydrogens (tertiary/aromatic N) is 1. The lowest BCUT2D eigenvalue weighted by molar-refractivity contribution is -0.665. The zero-order valence-corrected chi connectivity index (χ0v) is 15.7. The fourth-order valence-electron chi connectivity index (χ4n) is 4.43. The van der Waals surface area contributed by atoms with Crippen molar-refractivity contribution in [2.45, 2.75) is 51.9 Å². The third-order valence-corrected chi connectivity index (χ3v) is 6.04. The SMILES string of the molecule is Cc1ccc(C2CCCCC2)cc1-c1c2ccccc2cc(C)[n+]1C. The Balaban J connectivity index is 1.92. The molecule has 1 fully saturated rings. The highest BCUT2D eigenvalue weighted by Gasteiger charge is 2.22. The number of aromatic nitrogens is 1. The number of hydrogen-bond donors (Lipinski definition) is 0. The lowest BCUT2D eigenvalue weighted by atomic mass is 9.82. The van der Waals surface area contributed by atoms with Crippen molar-refractivity contribution in [3.63, 3.8) is 0 Å². The third-order valence-electron chi connectivity index (χ3n) is 6.04. The summed E-state index contributed by atoms with van der Waals surface area (Å²) >= 11 is 0. The van der Waals surface area contributed by atoms with Gasteiger partial charge in [0.05, 0.1) is 5.39 Å². The average molecular weight is 330 g/mol. The van der Waals surface area contributed by atoms with Gasteiger partial charge in [-0.05, 0) is 54.3 Å². The molecular weight excluding hydrogens is 302 g/mol. The maximum Gasteiger partial charge on any atom is 0.220 e. The van der Waals surface area contributed by atoms with E-state index in [0.29, 0.717) is 0 Å². The summed E-state index contributed by atoms with van der Waals surface area (Å²) in [5, 5.41) is 2.68. The fourth-order valence-corrected chi connectivity index (χ4v) is 4.43. The molecule has 0 spiro atoms. The first-order valence-corrected chi connectivity index (χ1v) is 9.64. The quantitative estimate of drug-likeness (QED) is 0.508. The van der Waals surface area contributed by atoms with Crippen LogP contribution < -0.4 is 4.57 Å². The van der Waals surface area contributed by atoms with Crippen molar-refractivity contribution in [2.75, 3.05) is 0 Å². The van der Waals surface area contributed by atoms with Gasteiger partial charge in [0.15, 0.2) is 5.69 Å². The van der Waals surface area contributed by atoms with E-state index in [1.54, 1.807) is 0 Å². The molecule has 4 rings (SSSR count). The number of benzene rings is 2. The van der Waals surface area contributed by atoms with Crippen LogP contribution in [0.2, 0.25) is 0 Å². The Bertz CT molecular complexity index is 917. The summed E-state index contributed by atoms with van der Waals surface area (Å²) < 4.78 is 2.36. The number of hydrogen-bond acceptors (Lipinski definition) is 0. The Labute approximate surface area is 151 Å². The van der Waals surface area contributed by atoms with Crippen molar-refractivity contribution in [2.24, 2.45) is 7.05 Å². The highest BCUT2D eigenvalue weighted by molar-refractivity contribution is 5.93. The molecule has 3 aromatic rings. The van der Waals surface area contributed by atoms with Gasteiger partial charge in [0, 0.05) is 18.6 Å². The molecule has 25 heavy (non-hydrogen) atoms. The largest absolute Gasteiger partial charge is 0.220 e. The molecule has 0 bridgehead atoms. The zero-order chi connectivity index (χ0) is 17.4. The Morgan fingerprint density at radius 1 is 0.880 bits per heavy atom. The van der Waals surface area contributed by atoms with Gasteiger partial charge in [-0.25, -0.2) is 0 Å². The van der Waals surface area contributed by atoms with Gasteiger partial charge >= 0.3 is 0 Å². The first-order chi connectivity index (χ1) is 12.1. The topological polar surface area (TPSA) is 3.88 Å². The van der Waals surface area contributed by atoms with Crippen LogP contribution in [0.3, 0.4) is 0 Å². The smallest absolute Gasteiger partial charge is 0.198 e. The molecule has 1 nitrogen and oxygen atoms in total. The van der Waals surface area contributed by atoms with E-state index in [-0.39, 0.29) is 0 Å². The number of aryl methyl sites for hydroxylation is 2. The summed E-state index contributed by atoms with van der Waals surface area (Å²) in [6, 6.07) is 18.2. The second kappa shape index (κ2) is 6.63. The van der Waals surface area contributed by atoms with E-state index in [1.165, 1.54) is 71.0 Å². The second-order valence-electron chi connectivity index (χ2n) is 7.69. The van der Waals surface area contributed by atoms with Gasteiger partial charge in [-0.15, -0.1) is 0 Å². The van der Waals surface area contributed by atoms with Crippen LogP contribution in [0.5, 0.6) is 0 Å². The van der Waals surface area contributed by atoms with Crippen molar-refractivity contribution in [3.05, 3.63) is 65.4 Å². The van der Waals surface area contributed by atoms with Crippen molar-refractivity contribution in [3.8, 4) is 11.3 Å². The molecule has 1 saturated carbocycles. The van der Waals surface area contributed by atoms with Gasteiger partial charge in [0.25, 0.3) is 0 Å². The molecule has 1 heterocycles. The lowest BCUT2D eigenvalue weighted by Crippen LogP contribution is -2.35. The van der Waals surface area contributed by atoms with E-state index in [2.05, 4.69) is 74.0 Å². The number of rotatable bonds is 2. The summed E-state index contributed by atoms with van der Waals surface area (Å²) in [6.07, 6.45) is 6.88. The Morgan fingerprint density at radius 2 is 1.64 bits per heavy atom. The molecule has 0 atom stereocenters. The molecule has 0 N–H and O–H groups in total. The van der Waals surface area contributed by atoms with E-state index in [9.17, 15) is 0 Å². The van der Waals surface area contributed by atoms with E-state index in [0.717, 1.165) is 5.92 Å². The number of pyridine rings is 1. The minimum absolute atomic E-state index is 0.745. The second-order valence-corrected chi connectivity index (χ2v) is 7.69. The minimum Gasteiger partial charge on any atom is -0.198 e. The van der Waals surface area contributed by atoms with Gasteiger partial charge in [0.2, 0.25) is 5.69 Å². The van der Waals surface area contributed by atoms with E-state index >= 15 is 0 Å². The van der Waals surface area contributed by atoms with Crippen LogP contribution in [-0.2, 0) is 7.05 Å². The Kier molecular flexibility index (Phi) is 4.33. The third kappa shape index (κ3) is 2.97. The molecule has 0 aliphatic heterocycles. The monoisotopic (exact) mass is 330 g/mol. The predicted molar refractivity (Wildman–Crippen MR) is 106 cm³/mol. The molecule has 1 aliphatic carbocycles. The van der Waals surface area contributed by atoms with Crippen molar-refractivity contribution < 1.29 is 4.57 Å². The van der Waals surface area contributed by atoms with E-state index < -0.39 is 0 Å². The summed E-state index contributed by atoms with van der Waals surface area (Å²) in [6.45, 7) is 4.45. The maximum atomic E-state index is 2.48. The van der Waals surface area contributed by atoms with Gasteiger partial charge in [0.1, 0.15) is 7.05 Å². The summed E-state index contributed by atoms with van der Waals surface area (Å²) in [4.78, 5) is 0. The molecule has 1 aliphatic rings. The summed E-state index contributed by atoms with van der Waals surface area (Å²) in [5.74, 6) is 0.745. The van der Waals surface area contributed by atoms with Gasteiger partial charge in [-0.2, -0.15) is 4.57 Å². The molecular formula is C24H28N+. The van der Waals surface area contributed by atoms with Crippen LogP contribution in [-0.4, -0.2) is 0 Å². The molecule has 128 valence electrons. The van der Waals surface area contributed by atoms with Crippen LogP contribution in [0.25, 0.3) is 22.0 Å². The Morgan fingerprint density at radius 3 is 2.44 bits per heavy atom. The molecule has 1 aromatic heterocycles. The molecule has 1 heteroatoms. The lowest BCUT2D eigenvalue weighted by Gasteiger charge is -2.23. The summed E-state index contributed by atoms with van der Waals surface area (Å²) in [7, 11) is 2.20. The van der Waals surface area contributed by atoms with Gasteiger partial charge < -0.3 is 0 Å². The number of fused-ring (bicyclic) bond motifs is 1. The zero-order valence-electron chi connectivity index (χ0n) is 15.7. The minimum atomic E-state index is 0.745. The Hall–Kier alpha value is -2.15. The predicted octanol–water partition coefficient (Wildman–Crippen LogP) is 6.00. The highest BCUT2D eigenvalue weighted by Crippen LogP contribution is 2.36. The van der Waals surface area contributed by atoms with Crippen LogP contribution in [0.4, 0.5) is 0 Å². The van der Waals surface area contributed by atoms with Gasteiger partial charge in [-0.3, -0.25) is 0 Å². The fraction of sp³-hybridized carbons (Fsp3) is 0.375. The van der Waals surface area contributed by atoms with E-state index in [4.69, 9.17) is 0 Å². The standard InChI is InChI=1S/C24H28N/c1-17-13-14-20(19-9-5-4-6-10-19)16-23(17)24-22-12-8-7-11-21(22)15-18(2)25(24)3/h7-8,11-16,19H,4-6,9-10H2,1-3H3/q+1. The van der Waals surface area contributed by atoms with Crippen molar-refractivity contribution in [1.29, 1.82) is 0 Å². The van der Waals surface area contributed by atoms with Crippen LogP contribution >= 0.6 is 0 Å².